The fourth-order valence-corrected chi connectivity index (χ4v) is 27.9. The first-order valence-electron chi connectivity index (χ1n) is 48.1. The first kappa shape index (κ1) is 101. The molecule has 3 spiro atoms. The number of nitrogens with one attached hydrogen (secondary N) is 3. The van der Waals surface area contributed by atoms with Gasteiger partial charge in [-0.1, -0.05) is 119 Å². The lowest BCUT2D eigenvalue weighted by Gasteiger charge is -2.50. The number of allylic oxidation sites excluding steroid dienone is 4. The summed E-state index contributed by atoms with van der Waals surface area (Å²) >= 11 is 19.3. The minimum atomic E-state index is -4.00. The number of aryl methyl sites for hydroxylation is 3. The number of rotatable bonds is 3. The number of carbonyl (C=O) groups excluding carboxylic acids is 4. The van der Waals surface area contributed by atoms with E-state index in [4.69, 9.17) is 53.8 Å². The van der Waals surface area contributed by atoms with Gasteiger partial charge in [0.15, 0.2) is 5.78 Å². The number of methoxy groups -OCH3 is 1. The predicted octanol–water partition coefficient (Wildman–Crippen LogP) is 18.5. The standard InChI is InChI=1S/C37H43ClN4O5S.C36H41ClN4O5S.C32H37ClN2O5S.2CH4/c1-24-7-4-17-37(46-3,34-9-6-18-39-40-34)31-13-10-28(31)21-42-22-36(16-5-8-26-19-29(38)12-14-30(26)36)23-47-33-15-11-27(20-32(33)42)35(43)41-48(44,45)25(24)2;1-23-6-3-16-36(43,33-8-5-17-38-39-33)30-12-9-27(30)20-41-21-35(15-4-7-25-18-28(37)11-13-29(25)35)22-46-32-14-10-26(19-31(32)41)34(42)40-47(44,45)24(23)2;1-20-5-3-7-29(36)26-11-8-24(26)17-35-18-32(14-4-6-22-15-25(33)10-12-27(22)32)19-40-30-13-9-23(16-28(30)35)31(37)34-41(38,39)21(20)2;;/h4,6,9,11-12,14-15,17-20,24-25,28,31H,5,7-8,10,13,16,21-23H2,1-3H3,(H,41,43);3,5,8,10-11,13-14,16-19,23-24,27,30,43H,4,6-7,9,12,15,20-22H2,1-2H3,(H,40,42);3,7,9-10,12-13,15-16,20-21,24,26H,4-6,8,11,14,17-19H2,1-2H3,(H,34,37);2*1H4/b17-4+;16-3+;7-3+;;/t24-,25+,28-,31+,36-,37-;23-,24+,27-,30+,35-,36-;20-,21+,24-,26+,32-;;/m000../s1. The van der Waals surface area contributed by atoms with Crippen LogP contribution in [0.3, 0.4) is 0 Å². The zero-order chi connectivity index (χ0) is 95.6. The molecule has 6 aliphatic carbocycles. The fourth-order valence-electron chi connectivity index (χ4n) is 23.4. The van der Waals surface area contributed by atoms with E-state index in [9.17, 15) is 49.5 Å². The van der Waals surface area contributed by atoms with E-state index >= 15 is 0 Å². The summed E-state index contributed by atoms with van der Waals surface area (Å²) < 4.78 is 113. The summed E-state index contributed by atoms with van der Waals surface area (Å²) in [5.74, 6) is -0.330. The lowest BCUT2D eigenvalue weighted by molar-refractivity contribution is -0.122. The highest BCUT2D eigenvalue weighted by molar-refractivity contribution is 7.91. The van der Waals surface area contributed by atoms with Crippen LogP contribution in [0.4, 0.5) is 17.1 Å². The molecule has 4 N–H and O–H groups in total. The number of sulfonamides is 3. The van der Waals surface area contributed by atoms with E-state index in [0.29, 0.717) is 106 Å². The van der Waals surface area contributed by atoms with Gasteiger partial charge in [0, 0.05) is 125 Å². The molecule has 6 bridgehead atoms. The maximum Gasteiger partial charge on any atom is 0.264 e. The monoisotopic (exact) mass is 1990 g/mol. The number of halogens is 3. The molecule has 3 amide bonds. The van der Waals surface area contributed by atoms with Gasteiger partial charge in [-0.15, -0.1) is 0 Å². The maximum absolute atomic E-state index is 13.5. The van der Waals surface area contributed by atoms with Crippen molar-refractivity contribution in [1.82, 2.24) is 34.6 Å². The predicted molar refractivity (Wildman–Crippen MR) is 541 cm³/mol. The zero-order valence-electron chi connectivity index (χ0n) is 78.0. The van der Waals surface area contributed by atoms with Gasteiger partial charge in [0.05, 0.1) is 64.0 Å². The SMILES string of the molecule is C.C.CO[C@@]1(c2cccnn2)/C=C/C[C@H](C)[C@@H](C)S(=O)(=O)NC(=O)c2ccc3c(c2)N(C[C@@H]2CC[C@H]21)C[C@@]1(CCCc2cc(Cl)ccc21)CO3.C[C@@H]1[C@@H](C)C/C=C/C(=O)[C@@H]2CC[C@H]2CN2C[C@@]3(CCCc4cc(Cl)ccc43)COc3ccc(cc32)C(=O)NS1(=O)=O.C[C@@H]1[C@@H](C)C/C=C/[C@@](O)(c2cccnn2)[C@@H]2CC[C@H]2CN2C[C@@]3(CCCc4cc(Cl)ccc43)COc3ccc(cc32)C(=O)NS1(=O)=O. The second kappa shape index (κ2) is 40.7. The lowest BCUT2D eigenvalue weighted by atomic mass is 9.62. The smallest absolute Gasteiger partial charge is 0.264 e. The molecule has 0 radical (unpaired) electrons. The van der Waals surface area contributed by atoms with Gasteiger partial charge in [0.1, 0.15) is 28.5 Å². The number of amides is 3. The van der Waals surface area contributed by atoms with Crippen molar-refractivity contribution in [2.75, 3.05) is 80.9 Å². The van der Waals surface area contributed by atoms with Crippen LogP contribution in [0.25, 0.3) is 0 Å². The lowest BCUT2D eigenvalue weighted by Crippen LogP contribution is -2.52. The Morgan fingerprint density at radius 3 is 1.17 bits per heavy atom. The quantitative estimate of drug-likeness (QED) is 0.119. The highest BCUT2D eigenvalue weighted by Crippen LogP contribution is 2.56. The Hall–Kier alpha value is -9.78. The van der Waals surface area contributed by atoms with Gasteiger partial charge in [-0.05, 0) is 327 Å². The number of hydrogen-bond acceptors (Lipinski definition) is 22. The number of nitrogens with zero attached hydrogens (tertiary/aromatic N) is 7. The van der Waals surface area contributed by atoms with Crippen LogP contribution >= 0.6 is 34.8 Å². The maximum atomic E-state index is 13.5. The number of ketones is 1. The van der Waals surface area contributed by atoms with Crippen LogP contribution in [0.2, 0.25) is 15.1 Å². The van der Waals surface area contributed by atoms with E-state index < -0.39 is 74.7 Å². The third kappa shape index (κ3) is 19.9. The molecule has 736 valence electrons. The normalized spacial score (nSPS) is 31.7. The van der Waals surface area contributed by atoms with Gasteiger partial charge < -0.3 is 38.8 Å². The summed E-state index contributed by atoms with van der Waals surface area (Å²) in [5, 5.41) is 29.3. The minimum absolute atomic E-state index is 0. The van der Waals surface area contributed by atoms with Crippen molar-refractivity contribution in [3.8, 4) is 17.2 Å². The van der Waals surface area contributed by atoms with Gasteiger partial charge in [0.25, 0.3) is 17.7 Å². The molecule has 0 unspecified atom stereocenters. The van der Waals surface area contributed by atoms with Crippen LogP contribution in [-0.4, -0.2) is 156 Å². The van der Waals surface area contributed by atoms with Crippen LogP contribution in [0.5, 0.6) is 17.2 Å². The summed E-state index contributed by atoms with van der Waals surface area (Å²) in [7, 11) is -10.2. The number of carbonyl (C=O) groups is 4. The van der Waals surface area contributed by atoms with Crippen molar-refractivity contribution < 1.29 is 68.5 Å². The van der Waals surface area contributed by atoms with E-state index in [1.165, 1.54) is 33.4 Å². The Bertz CT molecular complexity index is 6380. The largest absolute Gasteiger partial charge is 0.490 e. The van der Waals surface area contributed by atoms with Gasteiger partial charge in [0.2, 0.25) is 30.1 Å². The molecule has 8 heterocycles. The van der Waals surface area contributed by atoms with Crippen molar-refractivity contribution in [2.24, 2.45) is 53.3 Å². The first-order valence-corrected chi connectivity index (χ1v) is 53.9. The molecule has 25 nitrogen and oxygen atoms in total. The van der Waals surface area contributed by atoms with Gasteiger partial charge in [-0.3, -0.25) is 19.2 Å². The van der Waals surface area contributed by atoms with E-state index in [1.807, 2.05) is 69.3 Å². The highest BCUT2D eigenvalue weighted by Gasteiger charge is 2.54. The van der Waals surface area contributed by atoms with Crippen LogP contribution < -0.4 is 43.1 Å². The van der Waals surface area contributed by atoms with Crippen LogP contribution in [0, 0.1) is 53.3 Å². The zero-order valence-corrected chi connectivity index (χ0v) is 82.7. The third-order valence-corrected chi connectivity index (χ3v) is 38.9. The molecule has 8 aromatic rings. The van der Waals surface area contributed by atoms with Crippen LogP contribution in [0.15, 0.2) is 182 Å². The van der Waals surface area contributed by atoms with Crippen molar-refractivity contribution in [1.29, 1.82) is 0 Å². The van der Waals surface area contributed by atoms with Crippen LogP contribution in [-0.2, 0) is 86.3 Å². The Morgan fingerprint density at radius 1 is 0.442 bits per heavy atom. The molecular formula is C107H129Cl3N10O15S3. The average molecular weight is 2000 g/mol. The van der Waals surface area contributed by atoms with Crippen molar-refractivity contribution in [3.05, 3.63) is 259 Å². The number of aromatic nitrogens is 4. The Morgan fingerprint density at radius 2 is 0.812 bits per heavy atom. The highest BCUT2D eigenvalue weighted by atomic mass is 35.5. The van der Waals surface area contributed by atoms with Crippen molar-refractivity contribution in [3.63, 3.8) is 0 Å². The summed E-state index contributed by atoms with van der Waals surface area (Å²) in [6.45, 7) is 15.8. The second-order valence-electron chi connectivity index (χ2n) is 40.5. The summed E-state index contributed by atoms with van der Waals surface area (Å²) in [6.07, 6.45) is 29.9. The molecule has 3 saturated carbocycles. The second-order valence-corrected chi connectivity index (χ2v) is 47.9. The molecule has 17 atom stereocenters. The summed E-state index contributed by atoms with van der Waals surface area (Å²) in [4.78, 5) is 60.5. The van der Waals surface area contributed by atoms with Gasteiger partial charge in [-0.2, -0.15) is 20.4 Å². The van der Waals surface area contributed by atoms with Crippen molar-refractivity contribution >= 4 is 105 Å². The number of benzene rings is 6. The molecule has 20 rings (SSSR count). The number of aliphatic hydroxyl groups is 1. The Labute approximate surface area is 828 Å². The summed E-state index contributed by atoms with van der Waals surface area (Å²) in [5.41, 5.74) is 8.60. The first-order chi connectivity index (χ1) is 65.1. The van der Waals surface area contributed by atoms with E-state index in [1.54, 1.807) is 119 Å². The van der Waals surface area contributed by atoms with E-state index in [0.717, 1.165) is 129 Å². The molecule has 6 aromatic carbocycles. The molecule has 6 aliphatic heterocycles. The average Bonchev–Trinajstić information content (AvgIpc) is 1.21. The Balaban J connectivity index is 0.000000149. The van der Waals surface area contributed by atoms with Gasteiger partial charge in [-0.25, -0.2) is 39.4 Å². The topological polar surface area (TPSA) is 325 Å². The fraction of sp³-hybridized carbons (Fsp3) is 0.495. The molecule has 12 aliphatic rings. The molecule has 3 fully saturated rings. The third-order valence-electron chi connectivity index (χ3n) is 32.4. The van der Waals surface area contributed by atoms with E-state index in [2.05, 4.69) is 91.7 Å². The van der Waals surface area contributed by atoms with E-state index in [-0.39, 0.29) is 107 Å². The number of ether oxygens (including phenoxy) is 4. The molecule has 2 aromatic heterocycles. The molecular weight excluding hydrogens is 1870 g/mol. The number of hydrogen-bond donors (Lipinski definition) is 4. The summed E-state index contributed by atoms with van der Waals surface area (Å²) in [6, 6.07) is 41.5. The van der Waals surface area contributed by atoms with Crippen molar-refractivity contribution in [2.45, 2.75) is 215 Å². The molecule has 138 heavy (non-hydrogen) atoms. The molecule has 0 saturated heterocycles. The Kier molecular flexibility index (Phi) is 29.8. The number of fused-ring (bicyclic) bond motifs is 12. The number of anilines is 3. The molecule has 31 heteroatoms. The van der Waals surface area contributed by atoms with Gasteiger partial charge >= 0.3 is 0 Å². The van der Waals surface area contributed by atoms with Crippen LogP contribution in [0.1, 0.15) is 229 Å². The minimum Gasteiger partial charge on any atom is -0.490 e.